The summed E-state index contributed by atoms with van der Waals surface area (Å²) in [7, 11) is 1.85. The maximum Gasteiger partial charge on any atom is 0.224 e. The molecule has 1 aromatic rings. The SMILES string of the molecule is CCNC(=NCC(C)(C)N1CCOCC1)NCCC(=O)N(C)Cc1ccccc1.I. The first-order valence-electron chi connectivity index (χ1n) is 10.5. The summed E-state index contributed by atoms with van der Waals surface area (Å²) >= 11 is 0. The predicted molar refractivity (Wildman–Crippen MR) is 133 cm³/mol. The number of nitrogens with one attached hydrogen (secondary N) is 2. The summed E-state index contributed by atoms with van der Waals surface area (Å²) in [6, 6.07) is 10.0. The van der Waals surface area contributed by atoms with E-state index in [9.17, 15) is 4.79 Å². The molecule has 170 valence electrons. The van der Waals surface area contributed by atoms with Crippen LogP contribution in [-0.4, -0.2) is 80.2 Å². The van der Waals surface area contributed by atoms with Gasteiger partial charge in [-0.25, -0.2) is 0 Å². The summed E-state index contributed by atoms with van der Waals surface area (Å²) in [5.74, 6) is 0.873. The number of aliphatic imine (C=N–C) groups is 1. The monoisotopic (exact) mass is 531 g/mol. The van der Waals surface area contributed by atoms with Gasteiger partial charge in [0.2, 0.25) is 5.91 Å². The van der Waals surface area contributed by atoms with Gasteiger partial charge in [-0.05, 0) is 26.3 Å². The van der Waals surface area contributed by atoms with Gasteiger partial charge in [0, 0.05) is 51.7 Å². The molecule has 1 aromatic carbocycles. The number of benzene rings is 1. The number of halogens is 1. The van der Waals surface area contributed by atoms with Crippen LogP contribution in [0.1, 0.15) is 32.8 Å². The van der Waals surface area contributed by atoms with E-state index < -0.39 is 0 Å². The van der Waals surface area contributed by atoms with E-state index in [2.05, 4.69) is 29.4 Å². The average molecular weight is 531 g/mol. The Bertz CT molecular complexity index is 648. The fourth-order valence-corrected chi connectivity index (χ4v) is 3.31. The number of carbonyl (C=O) groups excluding carboxylic acids is 1. The largest absolute Gasteiger partial charge is 0.379 e. The van der Waals surface area contributed by atoms with Crippen LogP contribution < -0.4 is 10.6 Å². The lowest BCUT2D eigenvalue weighted by Crippen LogP contribution is -2.52. The van der Waals surface area contributed by atoms with Gasteiger partial charge in [-0.15, -0.1) is 24.0 Å². The number of carbonyl (C=O) groups is 1. The molecule has 2 rings (SSSR count). The predicted octanol–water partition coefficient (Wildman–Crippen LogP) is 2.32. The molecule has 1 aliphatic rings. The molecule has 0 atom stereocenters. The second kappa shape index (κ2) is 13.8. The van der Waals surface area contributed by atoms with Crippen molar-refractivity contribution in [2.45, 2.75) is 39.3 Å². The molecule has 0 bridgehead atoms. The zero-order chi connectivity index (χ0) is 21.1. The molecule has 30 heavy (non-hydrogen) atoms. The minimum absolute atomic E-state index is 0. The Hall–Kier alpha value is -1.39. The van der Waals surface area contributed by atoms with E-state index in [1.54, 1.807) is 4.90 Å². The zero-order valence-corrected chi connectivity index (χ0v) is 21.1. The van der Waals surface area contributed by atoms with Crippen molar-refractivity contribution >= 4 is 35.8 Å². The van der Waals surface area contributed by atoms with Crippen LogP contribution >= 0.6 is 24.0 Å². The van der Waals surface area contributed by atoms with Crippen LogP contribution in [0.25, 0.3) is 0 Å². The molecule has 8 heteroatoms. The number of guanidine groups is 1. The highest BCUT2D eigenvalue weighted by molar-refractivity contribution is 14.0. The van der Waals surface area contributed by atoms with Crippen molar-refractivity contribution in [3.05, 3.63) is 35.9 Å². The van der Waals surface area contributed by atoms with Crippen molar-refractivity contribution < 1.29 is 9.53 Å². The number of morpholine rings is 1. The van der Waals surface area contributed by atoms with E-state index >= 15 is 0 Å². The summed E-state index contributed by atoms with van der Waals surface area (Å²) < 4.78 is 5.45. The lowest BCUT2D eigenvalue weighted by Gasteiger charge is -2.39. The van der Waals surface area contributed by atoms with Crippen molar-refractivity contribution in [2.24, 2.45) is 4.99 Å². The molecule has 0 radical (unpaired) electrons. The van der Waals surface area contributed by atoms with Gasteiger partial charge in [0.1, 0.15) is 0 Å². The van der Waals surface area contributed by atoms with Gasteiger partial charge in [-0.1, -0.05) is 30.3 Å². The van der Waals surface area contributed by atoms with Gasteiger partial charge in [0.15, 0.2) is 5.96 Å². The molecular weight excluding hydrogens is 493 g/mol. The second-order valence-corrected chi connectivity index (χ2v) is 8.02. The van der Waals surface area contributed by atoms with Crippen molar-refractivity contribution in [1.82, 2.24) is 20.4 Å². The van der Waals surface area contributed by atoms with Crippen LogP contribution in [0.2, 0.25) is 0 Å². The maximum absolute atomic E-state index is 12.4. The van der Waals surface area contributed by atoms with Crippen LogP contribution in [-0.2, 0) is 16.1 Å². The Morgan fingerprint density at radius 1 is 1.20 bits per heavy atom. The molecule has 1 saturated heterocycles. The van der Waals surface area contributed by atoms with E-state index in [-0.39, 0.29) is 35.4 Å². The van der Waals surface area contributed by atoms with Gasteiger partial charge >= 0.3 is 0 Å². The fourth-order valence-electron chi connectivity index (χ4n) is 3.31. The Labute approximate surface area is 198 Å². The maximum atomic E-state index is 12.4. The Morgan fingerprint density at radius 3 is 2.50 bits per heavy atom. The van der Waals surface area contributed by atoms with Crippen molar-refractivity contribution in [3.63, 3.8) is 0 Å². The molecule has 1 heterocycles. The van der Waals surface area contributed by atoms with Crippen LogP contribution in [0.15, 0.2) is 35.3 Å². The molecule has 0 unspecified atom stereocenters. The van der Waals surface area contributed by atoms with Gasteiger partial charge in [-0.3, -0.25) is 14.7 Å². The molecular formula is C22H38IN5O2. The molecule has 1 amide bonds. The minimum atomic E-state index is -0.0299. The summed E-state index contributed by atoms with van der Waals surface area (Å²) in [6.07, 6.45) is 0.431. The number of nitrogens with zero attached hydrogens (tertiary/aromatic N) is 3. The van der Waals surface area contributed by atoms with E-state index in [0.717, 1.165) is 44.4 Å². The average Bonchev–Trinajstić information content (AvgIpc) is 2.73. The Morgan fingerprint density at radius 2 is 1.87 bits per heavy atom. The highest BCUT2D eigenvalue weighted by Gasteiger charge is 2.28. The molecule has 0 aromatic heterocycles. The van der Waals surface area contributed by atoms with Gasteiger partial charge in [0.05, 0.1) is 19.8 Å². The van der Waals surface area contributed by atoms with Gasteiger partial charge in [0.25, 0.3) is 0 Å². The molecule has 1 aliphatic heterocycles. The quantitative estimate of drug-likeness (QED) is 0.291. The molecule has 7 nitrogen and oxygen atoms in total. The molecule has 0 aliphatic carbocycles. The summed E-state index contributed by atoms with van der Waals surface area (Å²) in [5.41, 5.74) is 1.11. The van der Waals surface area contributed by atoms with Crippen LogP contribution in [0.5, 0.6) is 0 Å². The standard InChI is InChI=1S/C22H37N5O2.HI/c1-5-23-21(25-18-22(2,3)27-13-15-29-16-14-27)24-12-11-20(28)26(4)17-19-9-7-6-8-10-19;/h6-10H,5,11-18H2,1-4H3,(H2,23,24,25);1H. The van der Waals surface area contributed by atoms with Gasteiger partial charge in [-0.2, -0.15) is 0 Å². The van der Waals surface area contributed by atoms with Crippen LogP contribution in [0.4, 0.5) is 0 Å². The summed E-state index contributed by atoms with van der Waals surface area (Å²) in [5, 5.41) is 6.57. The van der Waals surface area contributed by atoms with E-state index in [1.807, 2.05) is 44.3 Å². The highest BCUT2D eigenvalue weighted by atomic mass is 127. The number of hydrogen-bond donors (Lipinski definition) is 2. The first kappa shape index (κ1) is 26.6. The first-order chi connectivity index (χ1) is 13.9. The van der Waals surface area contributed by atoms with E-state index in [4.69, 9.17) is 9.73 Å². The lowest BCUT2D eigenvalue weighted by atomic mass is 10.0. The molecule has 1 fully saturated rings. The van der Waals surface area contributed by atoms with Crippen molar-refractivity contribution in [3.8, 4) is 0 Å². The zero-order valence-electron chi connectivity index (χ0n) is 18.8. The molecule has 2 N–H and O–H groups in total. The first-order valence-corrected chi connectivity index (χ1v) is 10.5. The van der Waals surface area contributed by atoms with Crippen LogP contribution in [0, 0.1) is 0 Å². The molecule has 0 saturated carbocycles. The smallest absolute Gasteiger partial charge is 0.224 e. The van der Waals surface area contributed by atoms with E-state index in [1.165, 1.54) is 0 Å². The Balaban J connectivity index is 0.00000450. The topological polar surface area (TPSA) is 69.2 Å². The third-order valence-corrected chi connectivity index (χ3v) is 5.16. The van der Waals surface area contributed by atoms with Crippen LogP contribution in [0.3, 0.4) is 0 Å². The highest BCUT2D eigenvalue weighted by Crippen LogP contribution is 2.16. The van der Waals surface area contributed by atoms with E-state index in [0.29, 0.717) is 26.1 Å². The number of rotatable bonds is 9. The Kier molecular flexibility index (Phi) is 12.3. The second-order valence-electron chi connectivity index (χ2n) is 8.02. The normalized spacial score (nSPS) is 15.3. The lowest BCUT2D eigenvalue weighted by molar-refractivity contribution is -0.130. The summed E-state index contributed by atoms with van der Waals surface area (Å²) in [4.78, 5) is 21.4. The fraction of sp³-hybridized carbons (Fsp3) is 0.636. The van der Waals surface area contributed by atoms with Crippen molar-refractivity contribution in [2.75, 3.05) is 53.0 Å². The molecule has 0 spiro atoms. The number of ether oxygens (including phenoxy) is 1. The minimum Gasteiger partial charge on any atom is -0.379 e. The third kappa shape index (κ3) is 9.18. The number of amides is 1. The van der Waals surface area contributed by atoms with Crippen molar-refractivity contribution in [1.29, 1.82) is 0 Å². The third-order valence-electron chi connectivity index (χ3n) is 5.16. The van der Waals surface area contributed by atoms with Gasteiger partial charge < -0.3 is 20.3 Å². The number of hydrogen-bond acceptors (Lipinski definition) is 4. The summed E-state index contributed by atoms with van der Waals surface area (Å²) in [6.45, 7) is 12.6.